The van der Waals surface area contributed by atoms with Gasteiger partial charge in [0.1, 0.15) is 24.5 Å². The number of anilines is 1. The lowest BCUT2D eigenvalue weighted by molar-refractivity contribution is -0.124. The van der Waals surface area contributed by atoms with Crippen molar-refractivity contribution in [1.82, 2.24) is 25.1 Å². The Morgan fingerprint density at radius 2 is 2.38 bits per heavy atom. The van der Waals surface area contributed by atoms with Crippen LogP contribution < -0.4 is 10.2 Å². The summed E-state index contributed by atoms with van der Waals surface area (Å²) >= 11 is 0. The molecular weight excluding hydrogens is 308 g/mol. The molecule has 0 saturated carbocycles. The lowest BCUT2D eigenvalue weighted by Gasteiger charge is -2.32. The van der Waals surface area contributed by atoms with Crippen LogP contribution in [0.4, 0.5) is 5.82 Å². The smallest absolute Gasteiger partial charge is 0.244 e. The van der Waals surface area contributed by atoms with Gasteiger partial charge in [0, 0.05) is 25.8 Å². The van der Waals surface area contributed by atoms with E-state index in [1.165, 1.54) is 17.3 Å². The van der Waals surface area contributed by atoms with Crippen LogP contribution in [-0.2, 0) is 16.1 Å². The highest BCUT2D eigenvalue weighted by Gasteiger charge is 2.18. The molecule has 0 unspecified atom stereocenters. The molecule has 0 aromatic carbocycles. The average Bonchev–Trinajstić information content (AvgIpc) is 3.14. The zero-order chi connectivity index (χ0) is 16.9. The van der Waals surface area contributed by atoms with Crippen LogP contribution in [0.1, 0.15) is 25.5 Å². The number of carbonyl (C=O) groups is 1. The minimum Gasteiger partial charge on any atom is -0.375 e. The van der Waals surface area contributed by atoms with E-state index in [2.05, 4.69) is 32.2 Å². The van der Waals surface area contributed by atoms with Crippen LogP contribution in [0.25, 0.3) is 0 Å². The number of pyridine rings is 1. The van der Waals surface area contributed by atoms with Gasteiger partial charge in [0.05, 0.1) is 12.7 Å². The summed E-state index contributed by atoms with van der Waals surface area (Å²) in [6.45, 7) is 6.70. The van der Waals surface area contributed by atoms with Crippen molar-refractivity contribution in [3.8, 4) is 0 Å². The van der Waals surface area contributed by atoms with Gasteiger partial charge in [-0.05, 0) is 25.5 Å². The van der Waals surface area contributed by atoms with Gasteiger partial charge in [-0.2, -0.15) is 5.10 Å². The second-order valence-electron chi connectivity index (χ2n) is 5.92. The highest BCUT2D eigenvalue weighted by atomic mass is 16.5. The van der Waals surface area contributed by atoms with Crippen LogP contribution in [-0.4, -0.2) is 51.5 Å². The van der Waals surface area contributed by atoms with Crippen molar-refractivity contribution in [2.45, 2.75) is 32.5 Å². The monoisotopic (exact) mass is 330 g/mol. The molecule has 1 aliphatic heterocycles. The Morgan fingerprint density at radius 3 is 3.04 bits per heavy atom. The fraction of sp³-hybridized carbons (Fsp3) is 0.500. The Morgan fingerprint density at radius 1 is 1.50 bits per heavy atom. The largest absolute Gasteiger partial charge is 0.375 e. The van der Waals surface area contributed by atoms with Gasteiger partial charge >= 0.3 is 0 Å². The summed E-state index contributed by atoms with van der Waals surface area (Å²) in [5.74, 6) is 0.836. The first-order valence-corrected chi connectivity index (χ1v) is 8.07. The summed E-state index contributed by atoms with van der Waals surface area (Å²) in [5, 5.41) is 6.87. The second-order valence-corrected chi connectivity index (χ2v) is 5.92. The van der Waals surface area contributed by atoms with E-state index >= 15 is 0 Å². The number of aromatic nitrogens is 4. The van der Waals surface area contributed by atoms with E-state index in [-0.39, 0.29) is 12.0 Å². The van der Waals surface area contributed by atoms with Crippen molar-refractivity contribution in [3.05, 3.63) is 36.5 Å². The van der Waals surface area contributed by atoms with Gasteiger partial charge in [-0.15, -0.1) is 0 Å². The van der Waals surface area contributed by atoms with E-state index < -0.39 is 6.04 Å². The summed E-state index contributed by atoms with van der Waals surface area (Å²) in [6.07, 6.45) is 4.97. The first-order chi connectivity index (χ1) is 11.6. The maximum absolute atomic E-state index is 12.1. The van der Waals surface area contributed by atoms with E-state index in [0.717, 1.165) is 31.1 Å². The Hall–Kier alpha value is -2.48. The Balaban J connectivity index is 1.53. The number of hydrogen-bond acceptors (Lipinski definition) is 6. The van der Waals surface area contributed by atoms with Crippen LogP contribution in [0.5, 0.6) is 0 Å². The molecular formula is C16H22N6O2. The molecule has 1 saturated heterocycles. The topological polar surface area (TPSA) is 85.2 Å². The molecule has 1 N–H and O–H groups in total. The van der Waals surface area contributed by atoms with Crippen LogP contribution in [0, 0.1) is 0 Å². The van der Waals surface area contributed by atoms with E-state index in [1.54, 1.807) is 13.1 Å². The highest BCUT2D eigenvalue weighted by molar-refractivity contribution is 5.79. The van der Waals surface area contributed by atoms with Crippen molar-refractivity contribution in [3.63, 3.8) is 0 Å². The van der Waals surface area contributed by atoms with Gasteiger partial charge in [-0.3, -0.25) is 4.79 Å². The van der Waals surface area contributed by atoms with E-state index in [9.17, 15) is 4.79 Å². The first kappa shape index (κ1) is 16.4. The summed E-state index contributed by atoms with van der Waals surface area (Å²) in [6, 6.07) is 3.58. The Bertz CT molecular complexity index is 658. The number of hydrogen-bond donors (Lipinski definition) is 1. The molecule has 3 rings (SSSR count). The predicted molar refractivity (Wildman–Crippen MR) is 88.4 cm³/mol. The van der Waals surface area contributed by atoms with Crippen molar-refractivity contribution in [2.24, 2.45) is 0 Å². The molecule has 1 amide bonds. The molecule has 2 aromatic rings. The number of nitrogens with zero attached hydrogens (tertiary/aromatic N) is 5. The first-order valence-electron chi connectivity index (χ1n) is 8.07. The standard InChI is InChI=1S/C16H22N6O2/c1-12-9-21(5-6-24-12)15-4-3-14(7-18-15)8-19-16(23)13(2)22-11-17-10-20-22/h3-4,7,10-13H,5-6,8-9H2,1-2H3,(H,19,23)/t12-,13-/m1/s1. The van der Waals surface area contributed by atoms with Crippen LogP contribution >= 0.6 is 0 Å². The van der Waals surface area contributed by atoms with Gasteiger partial charge in [-0.25, -0.2) is 14.6 Å². The van der Waals surface area contributed by atoms with E-state index in [1.807, 2.05) is 12.1 Å². The minimum absolute atomic E-state index is 0.105. The molecule has 1 aliphatic rings. The van der Waals surface area contributed by atoms with Gasteiger partial charge in [0.2, 0.25) is 5.91 Å². The van der Waals surface area contributed by atoms with Crippen LogP contribution in [0.2, 0.25) is 0 Å². The van der Waals surface area contributed by atoms with Gasteiger partial charge in [0.25, 0.3) is 0 Å². The van der Waals surface area contributed by atoms with Crippen LogP contribution in [0.15, 0.2) is 31.0 Å². The minimum atomic E-state index is -0.394. The molecule has 8 heteroatoms. The van der Waals surface area contributed by atoms with Crippen molar-refractivity contribution >= 4 is 11.7 Å². The number of rotatable bonds is 5. The van der Waals surface area contributed by atoms with E-state index in [0.29, 0.717) is 6.54 Å². The quantitative estimate of drug-likeness (QED) is 0.872. The maximum atomic E-state index is 12.1. The average molecular weight is 330 g/mol. The SMILES string of the molecule is C[C@@H]1CN(c2ccc(CNC(=O)[C@@H](C)n3cncn3)cn2)CCO1. The molecule has 128 valence electrons. The van der Waals surface area contributed by atoms with Crippen molar-refractivity contribution in [2.75, 3.05) is 24.6 Å². The van der Waals surface area contributed by atoms with Gasteiger partial charge < -0.3 is 15.0 Å². The molecule has 24 heavy (non-hydrogen) atoms. The fourth-order valence-electron chi connectivity index (χ4n) is 2.61. The van der Waals surface area contributed by atoms with E-state index in [4.69, 9.17) is 4.74 Å². The Labute approximate surface area is 140 Å². The Kier molecular flexibility index (Phi) is 5.05. The number of nitrogens with one attached hydrogen (secondary N) is 1. The maximum Gasteiger partial charge on any atom is 0.244 e. The molecule has 2 aromatic heterocycles. The second kappa shape index (κ2) is 7.39. The third-order valence-corrected chi connectivity index (χ3v) is 4.05. The van der Waals surface area contributed by atoms with Gasteiger partial charge in [-0.1, -0.05) is 6.07 Å². The summed E-state index contributed by atoms with van der Waals surface area (Å²) in [7, 11) is 0. The summed E-state index contributed by atoms with van der Waals surface area (Å²) < 4.78 is 7.07. The third kappa shape index (κ3) is 3.88. The fourth-order valence-corrected chi connectivity index (χ4v) is 2.61. The number of amides is 1. The normalized spacial score (nSPS) is 19.1. The summed E-state index contributed by atoms with van der Waals surface area (Å²) in [4.78, 5) is 22.7. The number of morpholine rings is 1. The zero-order valence-electron chi connectivity index (χ0n) is 13.9. The number of carbonyl (C=O) groups excluding carboxylic acids is 1. The van der Waals surface area contributed by atoms with Gasteiger partial charge in [0.15, 0.2) is 0 Å². The summed E-state index contributed by atoms with van der Waals surface area (Å²) in [5.41, 5.74) is 0.958. The highest BCUT2D eigenvalue weighted by Crippen LogP contribution is 2.15. The third-order valence-electron chi connectivity index (χ3n) is 4.05. The lowest BCUT2D eigenvalue weighted by atomic mass is 10.2. The molecule has 0 spiro atoms. The molecule has 1 fully saturated rings. The molecule has 3 heterocycles. The molecule has 8 nitrogen and oxygen atoms in total. The molecule has 0 aliphatic carbocycles. The molecule has 0 radical (unpaired) electrons. The molecule has 0 bridgehead atoms. The zero-order valence-corrected chi connectivity index (χ0v) is 13.9. The van der Waals surface area contributed by atoms with Crippen LogP contribution in [0.3, 0.4) is 0 Å². The van der Waals surface area contributed by atoms with Crippen molar-refractivity contribution in [1.29, 1.82) is 0 Å². The molecule has 2 atom stereocenters. The lowest BCUT2D eigenvalue weighted by Crippen LogP contribution is -2.41. The predicted octanol–water partition coefficient (Wildman–Crippen LogP) is 0.776. The number of ether oxygens (including phenoxy) is 1. The van der Waals surface area contributed by atoms with Crippen molar-refractivity contribution < 1.29 is 9.53 Å².